The third-order valence-corrected chi connectivity index (χ3v) is 4.89. The number of ether oxygens (including phenoxy) is 5. The second kappa shape index (κ2) is 9.71. The standard InChI is InChI=1S/C22H28O7/c1-25-18-5-4-14(8-19(18)26-2)6-16(11-23)17(12-24)7-15-9-20(27-3)22-21(10-15)28-13-29-22/h4-5,8-10,16-17,23-24H,6-7,11-13H2,1-3H3/t16-,17-/m1/s1/i11D2,12D2. The van der Waals surface area contributed by atoms with Gasteiger partial charge >= 0.3 is 0 Å². The number of fused-ring (bicyclic) bond motifs is 1. The maximum Gasteiger partial charge on any atom is 0.231 e. The monoisotopic (exact) mass is 408 g/mol. The molecular formula is C22H28O7. The van der Waals surface area contributed by atoms with Crippen LogP contribution in [0.2, 0.25) is 0 Å². The van der Waals surface area contributed by atoms with Crippen LogP contribution in [-0.2, 0) is 12.8 Å². The van der Waals surface area contributed by atoms with Crippen LogP contribution in [0.15, 0.2) is 30.3 Å². The average Bonchev–Trinajstić information content (AvgIpc) is 3.22. The van der Waals surface area contributed by atoms with Gasteiger partial charge in [0.25, 0.3) is 0 Å². The summed E-state index contributed by atoms with van der Waals surface area (Å²) in [4.78, 5) is 0. The predicted octanol–water partition coefficient (Wildman–Crippen LogP) is 2.44. The maximum atomic E-state index is 10.4. The van der Waals surface area contributed by atoms with Crippen LogP contribution in [0.3, 0.4) is 0 Å². The summed E-state index contributed by atoms with van der Waals surface area (Å²) in [6, 6.07) is 8.19. The molecule has 1 aliphatic heterocycles. The molecular weight excluding hydrogens is 376 g/mol. The van der Waals surface area contributed by atoms with Gasteiger partial charge in [0.2, 0.25) is 12.5 Å². The van der Waals surface area contributed by atoms with E-state index in [2.05, 4.69) is 0 Å². The molecule has 0 spiro atoms. The molecule has 0 saturated heterocycles. The molecule has 0 unspecified atom stereocenters. The van der Waals surface area contributed by atoms with Gasteiger partial charge in [-0.3, -0.25) is 0 Å². The average molecular weight is 408 g/mol. The Labute approximate surface area is 176 Å². The Morgan fingerprint density at radius 1 is 0.862 bits per heavy atom. The van der Waals surface area contributed by atoms with Gasteiger partial charge in [-0.05, 0) is 60.1 Å². The Kier molecular flexibility index (Phi) is 5.42. The van der Waals surface area contributed by atoms with E-state index in [0.29, 0.717) is 39.9 Å². The quantitative estimate of drug-likeness (QED) is 0.624. The minimum atomic E-state index is -2.80. The lowest BCUT2D eigenvalue weighted by Crippen LogP contribution is -2.26. The number of aliphatic hydroxyl groups is 2. The molecule has 7 heteroatoms. The topological polar surface area (TPSA) is 86.6 Å². The molecule has 2 atom stereocenters. The van der Waals surface area contributed by atoms with Gasteiger partial charge in [0, 0.05) is 13.1 Å². The molecule has 0 saturated carbocycles. The molecule has 3 rings (SSSR count). The summed E-state index contributed by atoms with van der Waals surface area (Å²) in [6.45, 7) is -5.59. The van der Waals surface area contributed by atoms with Crippen LogP contribution < -0.4 is 23.7 Å². The highest BCUT2D eigenvalue weighted by molar-refractivity contribution is 5.55. The first-order valence-corrected chi connectivity index (χ1v) is 9.10. The summed E-state index contributed by atoms with van der Waals surface area (Å²) in [5.41, 5.74) is 1.11. The Morgan fingerprint density at radius 3 is 2.10 bits per heavy atom. The first kappa shape index (κ1) is 16.2. The van der Waals surface area contributed by atoms with Crippen molar-refractivity contribution in [2.24, 2.45) is 11.8 Å². The Balaban J connectivity index is 1.98. The molecule has 1 heterocycles. The summed E-state index contributed by atoms with van der Waals surface area (Å²) in [5.74, 6) is -0.541. The number of rotatable bonds is 10. The van der Waals surface area contributed by atoms with E-state index in [4.69, 9.17) is 29.2 Å². The van der Waals surface area contributed by atoms with E-state index in [-0.39, 0.29) is 19.6 Å². The van der Waals surface area contributed by atoms with Crippen molar-refractivity contribution in [1.82, 2.24) is 0 Å². The summed E-state index contributed by atoms with van der Waals surface area (Å²) in [5, 5.41) is 20.7. The number of methoxy groups -OCH3 is 3. The molecule has 2 aromatic rings. The first-order chi connectivity index (χ1) is 15.5. The van der Waals surface area contributed by atoms with Crippen molar-refractivity contribution in [2.75, 3.05) is 41.2 Å². The van der Waals surface area contributed by atoms with Crippen molar-refractivity contribution >= 4 is 0 Å². The van der Waals surface area contributed by atoms with E-state index in [1.54, 1.807) is 30.3 Å². The lowest BCUT2D eigenvalue weighted by Gasteiger charge is -2.25. The summed E-state index contributed by atoms with van der Waals surface area (Å²) < 4.78 is 58.7. The lowest BCUT2D eigenvalue weighted by atomic mass is 9.83. The zero-order chi connectivity index (χ0) is 24.4. The molecule has 2 N–H and O–H groups in total. The normalized spacial score (nSPS) is 17.4. The largest absolute Gasteiger partial charge is 0.493 e. The van der Waals surface area contributed by atoms with Gasteiger partial charge in [-0.2, -0.15) is 0 Å². The highest BCUT2D eigenvalue weighted by atomic mass is 16.7. The van der Waals surface area contributed by atoms with Crippen LogP contribution >= 0.6 is 0 Å². The Morgan fingerprint density at radius 2 is 1.48 bits per heavy atom. The van der Waals surface area contributed by atoms with Crippen molar-refractivity contribution in [3.63, 3.8) is 0 Å². The zero-order valence-electron chi connectivity index (χ0n) is 20.6. The van der Waals surface area contributed by atoms with Gasteiger partial charge < -0.3 is 33.9 Å². The van der Waals surface area contributed by atoms with Gasteiger partial charge in [-0.1, -0.05) is 6.07 Å². The number of hydrogen-bond donors (Lipinski definition) is 2. The van der Waals surface area contributed by atoms with E-state index in [1.165, 1.54) is 21.3 Å². The fraction of sp³-hybridized carbons (Fsp3) is 0.455. The second-order valence-corrected chi connectivity index (χ2v) is 6.60. The van der Waals surface area contributed by atoms with Crippen molar-refractivity contribution in [2.45, 2.75) is 12.8 Å². The molecule has 0 aliphatic carbocycles. The molecule has 158 valence electrons. The van der Waals surface area contributed by atoms with Gasteiger partial charge in [0.1, 0.15) is 0 Å². The summed E-state index contributed by atoms with van der Waals surface area (Å²) >= 11 is 0. The molecule has 0 aromatic heterocycles. The van der Waals surface area contributed by atoms with Gasteiger partial charge in [-0.25, -0.2) is 0 Å². The van der Waals surface area contributed by atoms with Gasteiger partial charge in [0.05, 0.1) is 26.8 Å². The molecule has 1 aliphatic rings. The summed E-state index contributed by atoms with van der Waals surface area (Å²) in [6.07, 6.45) is -0.176. The highest BCUT2D eigenvalue weighted by Gasteiger charge is 2.25. The molecule has 0 bridgehead atoms. The van der Waals surface area contributed by atoms with Crippen molar-refractivity contribution in [1.29, 1.82) is 0 Å². The second-order valence-electron chi connectivity index (χ2n) is 6.60. The molecule has 0 radical (unpaired) electrons. The van der Waals surface area contributed by atoms with Crippen molar-refractivity contribution in [3.8, 4) is 28.7 Å². The predicted molar refractivity (Wildman–Crippen MR) is 107 cm³/mol. The zero-order valence-corrected chi connectivity index (χ0v) is 16.6. The molecule has 29 heavy (non-hydrogen) atoms. The van der Waals surface area contributed by atoms with E-state index >= 15 is 0 Å². The van der Waals surface area contributed by atoms with Gasteiger partial charge in [0.15, 0.2) is 23.0 Å². The highest BCUT2D eigenvalue weighted by Crippen LogP contribution is 2.42. The van der Waals surface area contributed by atoms with Crippen molar-refractivity contribution in [3.05, 3.63) is 41.5 Å². The SMILES string of the molecule is [2H]C([2H])(O)[C@@H](Cc1ccc(OC)c(OC)c1)[C@H](Cc1cc(OC)c2c(c1)OCO2)C([2H])([2H])O. The van der Waals surface area contributed by atoms with E-state index < -0.39 is 25.0 Å². The Hall–Kier alpha value is -2.64. The first-order valence-electron chi connectivity index (χ1n) is 11.1. The smallest absolute Gasteiger partial charge is 0.231 e. The minimum Gasteiger partial charge on any atom is -0.493 e. The third-order valence-electron chi connectivity index (χ3n) is 4.89. The fourth-order valence-corrected chi connectivity index (χ4v) is 3.37. The van der Waals surface area contributed by atoms with Gasteiger partial charge in [-0.15, -0.1) is 0 Å². The number of benzene rings is 2. The molecule has 0 amide bonds. The lowest BCUT2D eigenvalue weighted by molar-refractivity contribution is 0.119. The van der Waals surface area contributed by atoms with Crippen LogP contribution in [0.1, 0.15) is 16.6 Å². The van der Waals surface area contributed by atoms with Crippen LogP contribution in [-0.4, -0.2) is 51.5 Å². The van der Waals surface area contributed by atoms with Crippen LogP contribution in [0, 0.1) is 11.8 Å². The van der Waals surface area contributed by atoms with E-state index in [1.807, 2.05) is 0 Å². The molecule has 0 fully saturated rings. The maximum absolute atomic E-state index is 10.4. The van der Waals surface area contributed by atoms with Crippen LogP contribution in [0.25, 0.3) is 0 Å². The number of hydrogen-bond acceptors (Lipinski definition) is 7. The molecule has 7 nitrogen and oxygen atoms in total. The van der Waals surface area contributed by atoms with Crippen LogP contribution in [0.5, 0.6) is 28.7 Å². The van der Waals surface area contributed by atoms with E-state index in [9.17, 15) is 10.2 Å². The van der Waals surface area contributed by atoms with E-state index in [0.717, 1.165) is 0 Å². The summed E-state index contributed by atoms with van der Waals surface area (Å²) in [7, 11) is 4.41. The van der Waals surface area contributed by atoms with Crippen molar-refractivity contribution < 1.29 is 39.4 Å². The molecule has 2 aromatic carbocycles. The fourth-order valence-electron chi connectivity index (χ4n) is 3.37. The van der Waals surface area contributed by atoms with Crippen LogP contribution in [0.4, 0.5) is 0 Å². The minimum absolute atomic E-state index is 0.0144. The third kappa shape index (κ3) is 4.68. The Bertz CT molecular complexity index is 972.